The second kappa shape index (κ2) is 15.1. The summed E-state index contributed by atoms with van der Waals surface area (Å²) in [6.45, 7) is 22.3. The van der Waals surface area contributed by atoms with Crippen molar-refractivity contribution < 1.29 is 30.0 Å². The van der Waals surface area contributed by atoms with Gasteiger partial charge in [-0.05, 0) is 46.4 Å². The minimum Gasteiger partial charge on any atom is -0.512 e. The molecular weight excluding hydrogens is 671 g/mol. The number of hydrogen-bond acceptors (Lipinski definition) is 3. The fourth-order valence-electron chi connectivity index (χ4n) is 4.38. The summed E-state index contributed by atoms with van der Waals surface area (Å²) < 4.78 is 0. The van der Waals surface area contributed by atoms with Gasteiger partial charge in [-0.15, -0.1) is 34.9 Å². The molecule has 0 aliphatic rings. The molecule has 40 heavy (non-hydrogen) atoms. The predicted molar refractivity (Wildman–Crippen MR) is 167 cm³/mol. The topological polar surface area (TPSA) is 50.2 Å². The summed E-state index contributed by atoms with van der Waals surface area (Å²) in [4.78, 5) is 16.2. The van der Waals surface area contributed by atoms with Crippen LogP contribution >= 0.6 is 0 Å². The third-order valence-corrected chi connectivity index (χ3v) is 7.48. The van der Waals surface area contributed by atoms with E-state index in [-0.39, 0.29) is 37.1 Å². The van der Waals surface area contributed by atoms with E-state index in [4.69, 9.17) is 4.98 Å². The van der Waals surface area contributed by atoms with Gasteiger partial charge in [0, 0.05) is 43.2 Å². The number of fused-ring (bicyclic) bond motifs is 1. The van der Waals surface area contributed by atoms with Crippen LogP contribution in [0.25, 0.3) is 22.0 Å². The predicted octanol–water partition coefficient (Wildman–Crippen LogP) is 10.5. The second-order valence-corrected chi connectivity index (χ2v) is 12.9. The zero-order chi connectivity index (χ0) is 29.5. The van der Waals surface area contributed by atoms with E-state index in [0.717, 1.165) is 17.7 Å². The van der Waals surface area contributed by atoms with Gasteiger partial charge < -0.3 is 10.1 Å². The van der Waals surface area contributed by atoms with Crippen molar-refractivity contribution in [3.05, 3.63) is 77.2 Å². The Morgan fingerprint density at radius 2 is 1.55 bits per heavy atom. The van der Waals surface area contributed by atoms with Crippen LogP contribution < -0.4 is 0 Å². The Morgan fingerprint density at radius 1 is 0.925 bits per heavy atom. The number of ketones is 1. The zero-order valence-corrected chi connectivity index (χ0v) is 28.9. The molecule has 0 spiro atoms. The molecule has 0 fully saturated rings. The van der Waals surface area contributed by atoms with Crippen molar-refractivity contribution in [1.82, 2.24) is 4.98 Å². The third-order valence-electron chi connectivity index (χ3n) is 7.48. The summed E-state index contributed by atoms with van der Waals surface area (Å²) in [5.41, 5.74) is 5.42. The number of rotatable bonds is 7. The molecule has 0 saturated carbocycles. The Morgan fingerprint density at radius 3 is 2.08 bits per heavy atom. The van der Waals surface area contributed by atoms with Crippen molar-refractivity contribution in [2.75, 3.05) is 0 Å². The summed E-state index contributed by atoms with van der Waals surface area (Å²) in [6.07, 6.45) is 6.76. The van der Waals surface area contributed by atoms with E-state index in [9.17, 15) is 9.90 Å². The first-order valence-electron chi connectivity index (χ1n) is 14.5. The summed E-state index contributed by atoms with van der Waals surface area (Å²) >= 11 is 0. The number of aliphatic hydroxyl groups excluding tert-OH is 1. The van der Waals surface area contributed by atoms with Gasteiger partial charge in [0.15, 0.2) is 5.78 Å². The molecule has 0 aliphatic heterocycles. The van der Waals surface area contributed by atoms with Crippen molar-refractivity contribution >= 4 is 16.6 Å². The van der Waals surface area contributed by atoms with E-state index in [1.807, 2.05) is 47.7 Å². The summed E-state index contributed by atoms with van der Waals surface area (Å²) in [5, 5.41) is 12.0. The molecule has 4 heteroatoms. The standard InChI is InChI=1S/C25H30N.C11H20O2.Ir/c1-6-18(5)20-9-10-24-21(15-20)11-12-26-25(24)23-14-17(4)13-22(16-23)19(7-2)8-3;1-10(2,3)8(12)7-9(13)11(4,5)6;/h9-13,15-16,18-19H,6-8H2,1-5H3;7,12H,1-6H3;/q-1;;/b;8-7-;. The van der Waals surface area contributed by atoms with Gasteiger partial charge in [-0.1, -0.05) is 107 Å². The number of aliphatic hydroxyl groups is 1. The Balaban J connectivity index is 0.000000489. The van der Waals surface area contributed by atoms with E-state index < -0.39 is 5.41 Å². The smallest absolute Gasteiger partial charge is 0.164 e. The molecule has 1 radical (unpaired) electrons. The Labute approximate surface area is 257 Å². The van der Waals surface area contributed by atoms with Crippen LogP contribution in [-0.4, -0.2) is 15.9 Å². The van der Waals surface area contributed by atoms with Gasteiger partial charge >= 0.3 is 0 Å². The molecule has 2 aromatic carbocycles. The number of pyridine rings is 1. The molecule has 1 heterocycles. The first-order chi connectivity index (χ1) is 18.1. The van der Waals surface area contributed by atoms with Gasteiger partial charge in [-0.3, -0.25) is 4.79 Å². The molecule has 0 bridgehead atoms. The molecule has 1 N–H and O–H groups in total. The van der Waals surface area contributed by atoms with Crippen LogP contribution in [0.2, 0.25) is 0 Å². The fraction of sp³-hybridized carbons (Fsp3) is 0.500. The molecule has 1 aromatic heterocycles. The molecule has 0 saturated heterocycles. The Kier molecular flexibility index (Phi) is 13.5. The normalized spacial score (nSPS) is 12.9. The minimum absolute atomic E-state index is 0. The number of allylic oxidation sites excluding steroid dienone is 2. The number of benzene rings is 2. The number of aryl methyl sites for hydroxylation is 1. The summed E-state index contributed by atoms with van der Waals surface area (Å²) in [6, 6.07) is 17.1. The van der Waals surface area contributed by atoms with Crippen LogP contribution in [0, 0.1) is 23.8 Å². The van der Waals surface area contributed by atoms with Gasteiger partial charge in [0.2, 0.25) is 0 Å². The van der Waals surface area contributed by atoms with Crippen LogP contribution in [0.1, 0.15) is 117 Å². The van der Waals surface area contributed by atoms with Crippen molar-refractivity contribution in [1.29, 1.82) is 0 Å². The van der Waals surface area contributed by atoms with E-state index in [1.165, 1.54) is 46.4 Å². The van der Waals surface area contributed by atoms with Crippen LogP contribution in [0.15, 0.2) is 54.4 Å². The average Bonchev–Trinajstić information content (AvgIpc) is 2.87. The number of carbonyl (C=O) groups is 1. The van der Waals surface area contributed by atoms with Gasteiger partial charge in [0.25, 0.3) is 0 Å². The van der Waals surface area contributed by atoms with Gasteiger partial charge in [0.1, 0.15) is 5.76 Å². The van der Waals surface area contributed by atoms with E-state index in [1.54, 1.807) is 0 Å². The van der Waals surface area contributed by atoms with Crippen molar-refractivity contribution in [2.24, 2.45) is 10.8 Å². The molecule has 1 unspecified atom stereocenters. The molecular formula is C36H50IrNO2-. The summed E-state index contributed by atoms with van der Waals surface area (Å²) in [5.74, 6) is 1.30. The van der Waals surface area contributed by atoms with E-state index in [2.05, 4.69) is 77.1 Å². The third kappa shape index (κ3) is 9.67. The Bertz CT molecular complexity index is 1290. The number of nitrogens with zero attached hydrogens (tertiary/aromatic N) is 1. The molecule has 0 amide bonds. The first kappa shape index (κ1) is 35.7. The monoisotopic (exact) mass is 721 g/mol. The number of hydrogen-bond donors (Lipinski definition) is 1. The van der Waals surface area contributed by atoms with Crippen molar-refractivity contribution in [3.8, 4) is 11.3 Å². The van der Waals surface area contributed by atoms with Gasteiger partial charge in [-0.25, -0.2) is 0 Å². The second-order valence-electron chi connectivity index (χ2n) is 12.9. The van der Waals surface area contributed by atoms with Crippen LogP contribution in [-0.2, 0) is 24.9 Å². The molecule has 3 nitrogen and oxygen atoms in total. The van der Waals surface area contributed by atoms with E-state index >= 15 is 0 Å². The Hall–Kier alpha value is -2.29. The SMILES string of the molecule is CC(C)(C)C(=O)/C=C(\O)C(C)(C)C.CCC(C)c1ccc2c(-c3[c-]c(C)cc(C(CC)CC)c3)nccc2c1.[Ir]. The van der Waals surface area contributed by atoms with Crippen LogP contribution in [0.3, 0.4) is 0 Å². The number of carbonyl (C=O) groups excluding carboxylic acids is 1. The first-order valence-corrected chi connectivity index (χ1v) is 14.5. The maximum atomic E-state index is 11.5. The van der Waals surface area contributed by atoms with Crippen LogP contribution in [0.5, 0.6) is 0 Å². The minimum atomic E-state index is -0.417. The maximum Gasteiger partial charge on any atom is 0.164 e. The van der Waals surface area contributed by atoms with Crippen molar-refractivity contribution in [3.63, 3.8) is 0 Å². The molecule has 3 aromatic rings. The quantitative estimate of drug-likeness (QED) is 0.150. The van der Waals surface area contributed by atoms with Crippen molar-refractivity contribution in [2.45, 2.75) is 107 Å². The van der Waals surface area contributed by atoms with E-state index in [0.29, 0.717) is 11.8 Å². The fourth-order valence-corrected chi connectivity index (χ4v) is 4.38. The van der Waals surface area contributed by atoms with Crippen LogP contribution in [0.4, 0.5) is 0 Å². The average molecular weight is 721 g/mol. The van der Waals surface area contributed by atoms with Gasteiger partial charge in [0.05, 0.1) is 0 Å². The molecule has 3 rings (SSSR count). The molecule has 0 aliphatic carbocycles. The number of aromatic nitrogens is 1. The summed E-state index contributed by atoms with van der Waals surface area (Å²) in [7, 11) is 0. The zero-order valence-electron chi connectivity index (χ0n) is 26.5. The maximum absolute atomic E-state index is 11.5. The molecule has 221 valence electrons. The largest absolute Gasteiger partial charge is 0.512 e. The molecule has 1 atom stereocenters. The van der Waals surface area contributed by atoms with Gasteiger partial charge in [-0.2, -0.15) is 0 Å².